The van der Waals surface area contributed by atoms with Gasteiger partial charge in [0.2, 0.25) is 5.12 Å². The Balaban J connectivity index is 3.33. The summed E-state index contributed by atoms with van der Waals surface area (Å²) in [6.45, 7) is 1.89. The number of halogens is 2. The van der Waals surface area contributed by atoms with Crippen molar-refractivity contribution >= 4 is 51.1 Å². The molecule has 70 valence electrons. The van der Waals surface area contributed by atoms with E-state index in [1.165, 1.54) is 11.8 Å². The second-order valence-electron chi connectivity index (χ2n) is 2.54. The lowest BCUT2D eigenvalue weighted by Gasteiger charge is -2.06. The van der Waals surface area contributed by atoms with Crippen LogP contribution in [0.15, 0.2) is 12.1 Å². The highest BCUT2D eigenvalue weighted by atomic mass is 127. The van der Waals surface area contributed by atoms with E-state index >= 15 is 0 Å². The monoisotopic (exact) mass is 326 g/mol. The predicted octanol–water partition coefficient (Wildman–Crippen LogP) is 3.76. The van der Waals surface area contributed by atoms with Crippen LogP contribution in [0.4, 0.5) is 0 Å². The molecule has 0 aliphatic heterocycles. The summed E-state index contributed by atoms with van der Waals surface area (Å²) >= 11 is 9.34. The molecule has 4 heteroatoms. The van der Waals surface area contributed by atoms with Crippen LogP contribution in [0.5, 0.6) is 0 Å². The standard InChI is InChI=1S/C9H8ClIOS/c1-5-3-4-6(11)8(10)7(5)9(12)13-2/h3-4H,1-2H3. The second-order valence-corrected chi connectivity index (χ2v) is 4.86. The molecule has 1 aromatic rings. The Morgan fingerprint density at radius 2 is 2.15 bits per heavy atom. The molecule has 0 saturated heterocycles. The lowest BCUT2D eigenvalue weighted by Crippen LogP contribution is -1.98. The quantitative estimate of drug-likeness (QED) is 0.731. The third-order valence-electron chi connectivity index (χ3n) is 1.69. The number of hydrogen-bond acceptors (Lipinski definition) is 2. The average Bonchev–Trinajstić information content (AvgIpc) is 2.12. The van der Waals surface area contributed by atoms with Crippen LogP contribution in [-0.4, -0.2) is 11.4 Å². The maximum Gasteiger partial charge on any atom is 0.220 e. The van der Waals surface area contributed by atoms with Crippen LogP contribution in [0.25, 0.3) is 0 Å². The van der Waals surface area contributed by atoms with Crippen LogP contribution in [0, 0.1) is 10.5 Å². The molecular weight excluding hydrogens is 319 g/mol. The first-order chi connectivity index (χ1) is 6.07. The lowest BCUT2D eigenvalue weighted by atomic mass is 10.1. The molecule has 13 heavy (non-hydrogen) atoms. The molecule has 0 aromatic heterocycles. The zero-order valence-corrected chi connectivity index (χ0v) is 11.0. The summed E-state index contributed by atoms with van der Waals surface area (Å²) in [6, 6.07) is 3.83. The van der Waals surface area contributed by atoms with Gasteiger partial charge in [0.1, 0.15) is 0 Å². The Morgan fingerprint density at radius 3 is 2.69 bits per heavy atom. The van der Waals surface area contributed by atoms with Gasteiger partial charge in [-0.2, -0.15) is 0 Å². The predicted molar refractivity (Wildman–Crippen MR) is 66.8 cm³/mol. The summed E-state index contributed by atoms with van der Waals surface area (Å²) < 4.78 is 0.919. The average molecular weight is 327 g/mol. The van der Waals surface area contributed by atoms with E-state index in [0.29, 0.717) is 10.6 Å². The zero-order valence-electron chi connectivity index (χ0n) is 7.23. The van der Waals surface area contributed by atoms with Crippen molar-refractivity contribution in [2.24, 2.45) is 0 Å². The summed E-state index contributed by atoms with van der Waals surface area (Å²) in [5.41, 5.74) is 1.57. The minimum atomic E-state index is 0.0287. The Kier molecular flexibility index (Phi) is 4.06. The summed E-state index contributed by atoms with van der Waals surface area (Å²) in [7, 11) is 0. The summed E-state index contributed by atoms with van der Waals surface area (Å²) in [4.78, 5) is 11.5. The van der Waals surface area contributed by atoms with Crippen molar-refractivity contribution in [2.75, 3.05) is 6.26 Å². The molecule has 0 radical (unpaired) electrons. The third kappa shape index (κ3) is 2.39. The Bertz CT molecular complexity index is 352. The van der Waals surface area contributed by atoms with Gasteiger partial charge in [-0.1, -0.05) is 29.4 Å². The Morgan fingerprint density at radius 1 is 1.54 bits per heavy atom. The second kappa shape index (κ2) is 4.66. The molecule has 0 bridgehead atoms. The van der Waals surface area contributed by atoms with Crippen LogP contribution in [-0.2, 0) is 0 Å². The van der Waals surface area contributed by atoms with Gasteiger partial charge in [-0.3, -0.25) is 4.79 Å². The van der Waals surface area contributed by atoms with E-state index < -0.39 is 0 Å². The molecule has 0 fully saturated rings. The number of aryl methyl sites for hydroxylation is 1. The molecule has 0 N–H and O–H groups in total. The maximum atomic E-state index is 11.5. The van der Waals surface area contributed by atoms with Crippen molar-refractivity contribution in [1.29, 1.82) is 0 Å². The molecule has 0 atom stereocenters. The van der Waals surface area contributed by atoms with Crippen LogP contribution in [0.2, 0.25) is 5.02 Å². The molecule has 1 nitrogen and oxygen atoms in total. The molecule has 0 unspecified atom stereocenters. The van der Waals surface area contributed by atoms with Gasteiger partial charge < -0.3 is 0 Å². The normalized spacial score (nSPS) is 10.2. The van der Waals surface area contributed by atoms with E-state index in [2.05, 4.69) is 22.6 Å². The fourth-order valence-corrected chi connectivity index (χ4v) is 2.27. The third-order valence-corrected chi connectivity index (χ3v) is 3.88. The summed E-state index contributed by atoms with van der Waals surface area (Å²) in [5.74, 6) is 0. The summed E-state index contributed by atoms with van der Waals surface area (Å²) in [6.07, 6.45) is 1.76. The van der Waals surface area contributed by atoms with Crippen LogP contribution >= 0.6 is 46.0 Å². The maximum absolute atomic E-state index is 11.5. The van der Waals surface area contributed by atoms with Crippen molar-refractivity contribution in [3.05, 3.63) is 31.9 Å². The van der Waals surface area contributed by atoms with Crippen LogP contribution in [0.3, 0.4) is 0 Å². The van der Waals surface area contributed by atoms with Gasteiger partial charge >= 0.3 is 0 Å². The van der Waals surface area contributed by atoms with Gasteiger partial charge in [-0.05, 0) is 47.4 Å². The van der Waals surface area contributed by atoms with E-state index in [-0.39, 0.29) is 5.12 Å². The van der Waals surface area contributed by atoms with E-state index in [1.54, 1.807) is 6.26 Å². The van der Waals surface area contributed by atoms with E-state index in [1.807, 2.05) is 19.1 Å². The van der Waals surface area contributed by atoms with Gasteiger partial charge in [0.15, 0.2) is 0 Å². The summed E-state index contributed by atoms with van der Waals surface area (Å²) in [5, 5.41) is 0.598. The highest BCUT2D eigenvalue weighted by Gasteiger charge is 2.14. The smallest absolute Gasteiger partial charge is 0.220 e. The first-order valence-corrected chi connectivity index (χ1v) is 6.29. The Labute approximate surface area is 100 Å². The number of thioether (sulfide) groups is 1. The van der Waals surface area contributed by atoms with Crippen molar-refractivity contribution in [2.45, 2.75) is 6.92 Å². The minimum absolute atomic E-state index is 0.0287. The van der Waals surface area contributed by atoms with Gasteiger partial charge in [-0.15, -0.1) is 0 Å². The zero-order chi connectivity index (χ0) is 10.0. The molecule has 0 spiro atoms. The van der Waals surface area contributed by atoms with E-state index in [4.69, 9.17) is 11.6 Å². The van der Waals surface area contributed by atoms with Gasteiger partial charge in [0.05, 0.1) is 10.6 Å². The number of carbonyl (C=O) groups is 1. The molecule has 0 aliphatic rings. The minimum Gasteiger partial charge on any atom is -0.282 e. The first kappa shape index (κ1) is 11.3. The van der Waals surface area contributed by atoms with Crippen molar-refractivity contribution in [3.63, 3.8) is 0 Å². The van der Waals surface area contributed by atoms with Gasteiger partial charge in [0.25, 0.3) is 0 Å². The number of hydrogen-bond donors (Lipinski definition) is 0. The van der Waals surface area contributed by atoms with Gasteiger partial charge in [0, 0.05) is 3.57 Å². The number of benzene rings is 1. The number of carbonyl (C=O) groups excluding carboxylic acids is 1. The largest absolute Gasteiger partial charge is 0.282 e. The molecule has 0 heterocycles. The van der Waals surface area contributed by atoms with Crippen molar-refractivity contribution < 1.29 is 4.79 Å². The molecular formula is C9H8ClIOS. The van der Waals surface area contributed by atoms with Crippen LogP contribution in [0.1, 0.15) is 15.9 Å². The SMILES string of the molecule is CSC(=O)c1c(C)ccc(I)c1Cl. The van der Waals surface area contributed by atoms with Gasteiger partial charge in [-0.25, -0.2) is 0 Å². The highest BCUT2D eigenvalue weighted by Crippen LogP contribution is 2.28. The van der Waals surface area contributed by atoms with E-state index in [0.717, 1.165) is 9.13 Å². The fourth-order valence-electron chi connectivity index (χ4n) is 1.000. The van der Waals surface area contributed by atoms with Crippen LogP contribution < -0.4 is 0 Å². The number of rotatable bonds is 1. The Hall–Kier alpha value is 0.260. The molecule has 0 aliphatic carbocycles. The fraction of sp³-hybridized carbons (Fsp3) is 0.222. The van der Waals surface area contributed by atoms with Crippen molar-refractivity contribution in [1.82, 2.24) is 0 Å². The molecule has 0 amide bonds. The molecule has 1 aromatic carbocycles. The topological polar surface area (TPSA) is 17.1 Å². The molecule has 0 saturated carbocycles. The van der Waals surface area contributed by atoms with Crippen molar-refractivity contribution in [3.8, 4) is 0 Å². The highest BCUT2D eigenvalue weighted by molar-refractivity contribution is 14.1. The lowest BCUT2D eigenvalue weighted by molar-refractivity contribution is 0.108. The first-order valence-electron chi connectivity index (χ1n) is 3.61. The molecule has 1 rings (SSSR count). The van der Waals surface area contributed by atoms with E-state index in [9.17, 15) is 4.79 Å².